The SMILES string of the molecule is c1csc([C@H](NC2CCC2)C2CC2)c1. The Morgan fingerprint density at radius 3 is 2.64 bits per heavy atom. The van der Waals surface area contributed by atoms with E-state index in [-0.39, 0.29) is 0 Å². The Kier molecular flexibility index (Phi) is 2.34. The Bertz CT molecular complexity index is 285. The molecule has 0 bridgehead atoms. The van der Waals surface area contributed by atoms with Gasteiger partial charge in [0.1, 0.15) is 0 Å². The third-order valence-corrected chi connectivity index (χ3v) is 4.42. The molecule has 1 N–H and O–H groups in total. The van der Waals surface area contributed by atoms with E-state index in [1.807, 2.05) is 11.3 Å². The maximum absolute atomic E-state index is 3.83. The van der Waals surface area contributed by atoms with Gasteiger partial charge in [-0.25, -0.2) is 0 Å². The number of hydrogen-bond acceptors (Lipinski definition) is 2. The average molecular weight is 207 g/mol. The Hall–Kier alpha value is -0.340. The maximum atomic E-state index is 3.83. The zero-order chi connectivity index (χ0) is 9.38. The molecular weight excluding hydrogens is 190 g/mol. The van der Waals surface area contributed by atoms with Gasteiger partial charge in [-0.15, -0.1) is 11.3 Å². The average Bonchev–Trinajstić information content (AvgIpc) is 2.79. The van der Waals surface area contributed by atoms with Gasteiger partial charge in [0.25, 0.3) is 0 Å². The van der Waals surface area contributed by atoms with Gasteiger partial charge in [0, 0.05) is 17.0 Å². The normalized spacial score (nSPS) is 24.6. The van der Waals surface area contributed by atoms with Gasteiger partial charge >= 0.3 is 0 Å². The topological polar surface area (TPSA) is 12.0 Å². The van der Waals surface area contributed by atoms with Crippen molar-refractivity contribution >= 4 is 11.3 Å². The third-order valence-electron chi connectivity index (χ3n) is 3.46. The summed E-state index contributed by atoms with van der Waals surface area (Å²) in [5, 5.41) is 6.03. The summed E-state index contributed by atoms with van der Waals surface area (Å²) in [5.41, 5.74) is 0. The van der Waals surface area contributed by atoms with Gasteiger partial charge in [-0.1, -0.05) is 12.5 Å². The maximum Gasteiger partial charge on any atom is 0.0445 e. The Morgan fingerprint density at radius 2 is 2.14 bits per heavy atom. The zero-order valence-electron chi connectivity index (χ0n) is 8.41. The van der Waals surface area contributed by atoms with Crippen molar-refractivity contribution in [2.24, 2.45) is 5.92 Å². The lowest BCUT2D eigenvalue weighted by atomic mass is 9.91. The van der Waals surface area contributed by atoms with E-state index in [0.717, 1.165) is 12.0 Å². The Labute approximate surface area is 89.5 Å². The van der Waals surface area contributed by atoms with E-state index in [2.05, 4.69) is 22.8 Å². The molecule has 2 saturated carbocycles. The molecule has 2 fully saturated rings. The van der Waals surface area contributed by atoms with Crippen LogP contribution in [0, 0.1) is 5.92 Å². The highest BCUT2D eigenvalue weighted by Crippen LogP contribution is 2.43. The highest BCUT2D eigenvalue weighted by atomic mass is 32.1. The largest absolute Gasteiger partial charge is 0.306 e. The summed E-state index contributed by atoms with van der Waals surface area (Å²) >= 11 is 1.91. The molecule has 0 spiro atoms. The molecule has 76 valence electrons. The molecule has 2 heteroatoms. The van der Waals surface area contributed by atoms with Gasteiger partial charge in [0.2, 0.25) is 0 Å². The van der Waals surface area contributed by atoms with Crippen molar-refractivity contribution in [3.8, 4) is 0 Å². The molecule has 1 nitrogen and oxygen atoms in total. The Morgan fingerprint density at radius 1 is 1.29 bits per heavy atom. The van der Waals surface area contributed by atoms with Crippen LogP contribution in [0.15, 0.2) is 17.5 Å². The minimum absolute atomic E-state index is 0.681. The van der Waals surface area contributed by atoms with Crippen LogP contribution in [0.3, 0.4) is 0 Å². The first-order valence-electron chi connectivity index (χ1n) is 5.73. The minimum Gasteiger partial charge on any atom is -0.306 e. The lowest BCUT2D eigenvalue weighted by Gasteiger charge is -2.31. The van der Waals surface area contributed by atoms with E-state index in [1.165, 1.54) is 32.1 Å². The molecule has 0 unspecified atom stereocenters. The molecule has 2 aliphatic carbocycles. The van der Waals surface area contributed by atoms with Crippen molar-refractivity contribution in [2.75, 3.05) is 0 Å². The van der Waals surface area contributed by atoms with E-state index >= 15 is 0 Å². The molecule has 1 atom stereocenters. The van der Waals surface area contributed by atoms with Gasteiger partial charge in [0.05, 0.1) is 0 Å². The summed E-state index contributed by atoms with van der Waals surface area (Å²) in [7, 11) is 0. The molecular formula is C12H17NS. The second-order valence-electron chi connectivity index (χ2n) is 4.63. The predicted octanol–water partition coefficient (Wildman–Crippen LogP) is 3.34. The summed E-state index contributed by atoms with van der Waals surface area (Å²) in [5.74, 6) is 0.939. The van der Waals surface area contributed by atoms with Crippen molar-refractivity contribution < 1.29 is 0 Å². The molecule has 14 heavy (non-hydrogen) atoms. The monoisotopic (exact) mass is 207 g/mol. The number of hydrogen-bond donors (Lipinski definition) is 1. The third kappa shape index (κ3) is 1.73. The van der Waals surface area contributed by atoms with Crippen LogP contribution >= 0.6 is 11.3 Å². The van der Waals surface area contributed by atoms with Crippen LogP contribution in [0.5, 0.6) is 0 Å². The quantitative estimate of drug-likeness (QED) is 0.798. The van der Waals surface area contributed by atoms with Crippen LogP contribution in [0.4, 0.5) is 0 Å². The molecule has 1 heterocycles. The van der Waals surface area contributed by atoms with Gasteiger partial charge < -0.3 is 5.32 Å². The Balaban J connectivity index is 1.69. The van der Waals surface area contributed by atoms with E-state index in [4.69, 9.17) is 0 Å². The van der Waals surface area contributed by atoms with Crippen molar-refractivity contribution in [3.05, 3.63) is 22.4 Å². The fraction of sp³-hybridized carbons (Fsp3) is 0.667. The number of nitrogens with one attached hydrogen (secondary N) is 1. The van der Waals surface area contributed by atoms with Crippen molar-refractivity contribution in [1.82, 2.24) is 5.32 Å². The second-order valence-corrected chi connectivity index (χ2v) is 5.60. The van der Waals surface area contributed by atoms with Crippen molar-refractivity contribution in [2.45, 2.75) is 44.2 Å². The molecule has 0 amide bonds. The van der Waals surface area contributed by atoms with Crippen molar-refractivity contribution in [3.63, 3.8) is 0 Å². The van der Waals surface area contributed by atoms with Gasteiger partial charge in [-0.3, -0.25) is 0 Å². The van der Waals surface area contributed by atoms with Crippen LogP contribution in [0.25, 0.3) is 0 Å². The van der Waals surface area contributed by atoms with Crippen molar-refractivity contribution in [1.29, 1.82) is 0 Å². The van der Waals surface area contributed by atoms with Crippen LogP contribution in [0.2, 0.25) is 0 Å². The molecule has 0 aliphatic heterocycles. The standard InChI is InChI=1S/C12H17NS/c1-3-10(4-1)13-12(9-6-7-9)11-5-2-8-14-11/h2,5,8-10,12-13H,1,3-4,6-7H2/t12-/m1/s1. The van der Waals surface area contributed by atoms with E-state index in [0.29, 0.717) is 6.04 Å². The first-order valence-corrected chi connectivity index (χ1v) is 6.61. The zero-order valence-corrected chi connectivity index (χ0v) is 9.22. The minimum atomic E-state index is 0.681. The number of rotatable bonds is 4. The summed E-state index contributed by atoms with van der Waals surface area (Å²) in [6.45, 7) is 0. The second kappa shape index (κ2) is 3.67. The summed E-state index contributed by atoms with van der Waals surface area (Å²) < 4.78 is 0. The van der Waals surface area contributed by atoms with Crippen LogP contribution in [-0.2, 0) is 0 Å². The summed E-state index contributed by atoms with van der Waals surface area (Å²) in [6.07, 6.45) is 7.09. The highest BCUT2D eigenvalue weighted by molar-refractivity contribution is 7.10. The van der Waals surface area contributed by atoms with Crippen LogP contribution < -0.4 is 5.32 Å². The summed E-state index contributed by atoms with van der Waals surface area (Å²) in [6, 6.07) is 5.97. The van der Waals surface area contributed by atoms with Crippen LogP contribution in [-0.4, -0.2) is 6.04 Å². The van der Waals surface area contributed by atoms with E-state index in [1.54, 1.807) is 4.88 Å². The van der Waals surface area contributed by atoms with E-state index in [9.17, 15) is 0 Å². The summed E-state index contributed by atoms with van der Waals surface area (Å²) in [4.78, 5) is 1.56. The molecule has 2 aliphatic rings. The molecule has 0 saturated heterocycles. The number of thiophene rings is 1. The fourth-order valence-corrected chi connectivity index (χ4v) is 3.06. The molecule has 0 aromatic carbocycles. The van der Waals surface area contributed by atoms with Gasteiger partial charge in [0.15, 0.2) is 0 Å². The van der Waals surface area contributed by atoms with Crippen LogP contribution in [0.1, 0.15) is 43.0 Å². The lowest BCUT2D eigenvalue weighted by Crippen LogP contribution is -2.38. The highest BCUT2D eigenvalue weighted by Gasteiger charge is 2.35. The van der Waals surface area contributed by atoms with Gasteiger partial charge in [-0.05, 0) is 43.0 Å². The molecule has 1 aromatic rings. The first-order chi connectivity index (χ1) is 6.93. The van der Waals surface area contributed by atoms with E-state index < -0.39 is 0 Å². The first kappa shape index (κ1) is 8.93. The predicted molar refractivity (Wildman–Crippen MR) is 60.6 cm³/mol. The fourth-order valence-electron chi connectivity index (χ4n) is 2.18. The lowest BCUT2D eigenvalue weighted by molar-refractivity contribution is 0.293. The smallest absolute Gasteiger partial charge is 0.0445 e. The molecule has 3 rings (SSSR count). The molecule has 0 radical (unpaired) electrons. The molecule has 1 aromatic heterocycles. The van der Waals surface area contributed by atoms with Gasteiger partial charge in [-0.2, -0.15) is 0 Å².